The lowest BCUT2D eigenvalue weighted by Gasteiger charge is -2.17. The Bertz CT molecular complexity index is 611. The summed E-state index contributed by atoms with van der Waals surface area (Å²) < 4.78 is 0. The van der Waals surface area contributed by atoms with Gasteiger partial charge in [-0.15, -0.1) is 0 Å². The minimum Gasteiger partial charge on any atom is -0.481 e. The predicted octanol–water partition coefficient (Wildman–Crippen LogP) is 1.55. The quantitative estimate of drug-likeness (QED) is 0.645. The number of aromatic nitrogens is 1. The molecule has 1 aliphatic heterocycles. The van der Waals surface area contributed by atoms with E-state index in [4.69, 9.17) is 10.4 Å². The zero-order chi connectivity index (χ0) is 15.4. The topological polar surface area (TPSA) is 120 Å². The highest BCUT2D eigenvalue weighted by Crippen LogP contribution is 2.31. The number of anilines is 1. The maximum Gasteiger partial charge on any atom is 0.312 e. The Morgan fingerprint density at radius 2 is 2.43 bits per heavy atom. The van der Waals surface area contributed by atoms with Gasteiger partial charge in [-0.05, 0) is 18.8 Å². The smallest absolute Gasteiger partial charge is 0.312 e. The Morgan fingerprint density at radius 3 is 3.05 bits per heavy atom. The lowest BCUT2D eigenvalue weighted by Crippen LogP contribution is -2.22. The van der Waals surface area contributed by atoms with Crippen LogP contribution in [0, 0.1) is 27.4 Å². The normalized spacial score (nSPS) is 17.5. The largest absolute Gasteiger partial charge is 0.481 e. The molecule has 1 atom stereocenters. The molecule has 2 rings (SSSR count). The number of carbonyl (C=O) groups is 1. The summed E-state index contributed by atoms with van der Waals surface area (Å²) in [6.07, 6.45) is 2.75. The van der Waals surface area contributed by atoms with E-state index in [1.807, 2.05) is 6.07 Å². The zero-order valence-corrected chi connectivity index (χ0v) is 11.2. The molecule has 1 unspecified atom stereocenters. The summed E-state index contributed by atoms with van der Waals surface area (Å²) in [5, 5.41) is 28.6. The second-order valence-electron chi connectivity index (χ2n) is 4.97. The summed E-state index contributed by atoms with van der Waals surface area (Å²) in [5.74, 6) is -0.397. The van der Waals surface area contributed by atoms with Gasteiger partial charge >= 0.3 is 11.7 Å². The van der Waals surface area contributed by atoms with Gasteiger partial charge in [-0.1, -0.05) is 0 Å². The monoisotopic (exact) mass is 290 g/mol. The number of carboxylic acid groups (broad SMARTS) is 1. The number of nitro groups is 1. The van der Waals surface area contributed by atoms with Gasteiger partial charge in [0.25, 0.3) is 0 Å². The lowest BCUT2D eigenvalue weighted by atomic mass is 10.0. The van der Waals surface area contributed by atoms with Crippen molar-refractivity contribution in [3.8, 4) is 6.07 Å². The minimum atomic E-state index is -0.837. The number of rotatable bonds is 5. The molecule has 1 aromatic heterocycles. The summed E-state index contributed by atoms with van der Waals surface area (Å²) in [7, 11) is 0. The van der Waals surface area contributed by atoms with Gasteiger partial charge in [0.1, 0.15) is 6.07 Å². The van der Waals surface area contributed by atoms with Crippen molar-refractivity contribution in [3.63, 3.8) is 0 Å². The molecule has 21 heavy (non-hydrogen) atoms. The van der Waals surface area contributed by atoms with Crippen LogP contribution in [0.1, 0.15) is 24.8 Å². The number of nitrogens with zero attached hydrogens (tertiary/aromatic N) is 4. The highest BCUT2D eigenvalue weighted by molar-refractivity contribution is 5.66. The molecular weight excluding hydrogens is 276 g/mol. The summed E-state index contributed by atoms with van der Waals surface area (Å²) in [6.45, 7) is 1.15. The van der Waals surface area contributed by atoms with E-state index in [1.54, 1.807) is 4.90 Å². The summed E-state index contributed by atoms with van der Waals surface area (Å²) in [5.41, 5.74) is -0.0417. The second-order valence-corrected chi connectivity index (χ2v) is 4.97. The van der Waals surface area contributed by atoms with Crippen LogP contribution < -0.4 is 4.90 Å². The Balaban J connectivity index is 2.14. The maximum absolute atomic E-state index is 11.1. The molecule has 1 aliphatic rings. The molecule has 2 heterocycles. The molecule has 0 spiro atoms. The lowest BCUT2D eigenvalue weighted by molar-refractivity contribution is -0.384. The van der Waals surface area contributed by atoms with Crippen molar-refractivity contribution < 1.29 is 14.8 Å². The Morgan fingerprint density at radius 1 is 1.67 bits per heavy atom. The molecule has 8 heteroatoms. The molecule has 1 aromatic rings. The van der Waals surface area contributed by atoms with Crippen LogP contribution in [0.3, 0.4) is 0 Å². The van der Waals surface area contributed by atoms with Crippen molar-refractivity contribution >= 4 is 17.5 Å². The number of pyridine rings is 1. The van der Waals surface area contributed by atoms with Crippen molar-refractivity contribution in [2.24, 2.45) is 5.92 Å². The Kier molecular flexibility index (Phi) is 4.33. The molecule has 0 aliphatic carbocycles. The van der Waals surface area contributed by atoms with E-state index < -0.39 is 10.9 Å². The third-order valence-electron chi connectivity index (χ3n) is 3.52. The second kappa shape index (κ2) is 6.17. The highest BCUT2D eigenvalue weighted by atomic mass is 16.6. The Labute approximate surface area is 120 Å². The fourth-order valence-corrected chi connectivity index (χ4v) is 2.47. The third-order valence-corrected chi connectivity index (χ3v) is 3.52. The molecule has 0 saturated carbocycles. The van der Waals surface area contributed by atoms with E-state index in [-0.39, 0.29) is 29.4 Å². The summed E-state index contributed by atoms with van der Waals surface area (Å²) in [6, 6.07) is 3.05. The van der Waals surface area contributed by atoms with Crippen molar-refractivity contribution in [1.82, 2.24) is 4.98 Å². The standard InChI is InChI=1S/C13H14N4O4/c14-6-10-5-11(17(20)21)13(15-7-10)16-4-3-9(8-16)1-2-12(18)19/h5,7,9H,1-4,8H2,(H,18,19). The summed E-state index contributed by atoms with van der Waals surface area (Å²) in [4.78, 5) is 26.9. The molecule has 110 valence electrons. The van der Waals surface area contributed by atoms with Crippen LogP contribution in [0.4, 0.5) is 11.5 Å². The molecule has 0 radical (unpaired) electrons. The fraction of sp³-hybridized carbons (Fsp3) is 0.462. The molecule has 0 bridgehead atoms. The number of carboxylic acids is 1. The first-order chi connectivity index (χ1) is 10.0. The molecule has 1 fully saturated rings. The molecule has 1 N–H and O–H groups in total. The average molecular weight is 290 g/mol. The van der Waals surface area contributed by atoms with Gasteiger partial charge in [0.15, 0.2) is 0 Å². The van der Waals surface area contributed by atoms with Gasteiger partial charge < -0.3 is 10.0 Å². The van der Waals surface area contributed by atoms with E-state index in [0.717, 1.165) is 6.42 Å². The van der Waals surface area contributed by atoms with Crippen LogP contribution in [0.5, 0.6) is 0 Å². The zero-order valence-electron chi connectivity index (χ0n) is 11.2. The van der Waals surface area contributed by atoms with Gasteiger partial charge in [-0.25, -0.2) is 4.98 Å². The van der Waals surface area contributed by atoms with Crippen molar-refractivity contribution in [2.75, 3.05) is 18.0 Å². The number of nitriles is 1. The van der Waals surface area contributed by atoms with E-state index in [0.29, 0.717) is 19.5 Å². The average Bonchev–Trinajstić information content (AvgIpc) is 2.93. The van der Waals surface area contributed by atoms with Crippen molar-refractivity contribution in [2.45, 2.75) is 19.3 Å². The van der Waals surface area contributed by atoms with E-state index in [2.05, 4.69) is 4.98 Å². The van der Waals surface area contributed by atoms with Gasteiger partial charge in [0, 0.05) is 31.8 Å². The molecule has 1 saturated heterocycles. The summed E-state index contributed by atoms with van der Waals surface area (Å²) >= 11 is 0. The molecule has 0 aromatic carbocycles. The van der Waals surface area contributed by atoms with E-state index in [9.17, 15) is 14.9 Å². The van der Waals surface area contributed by atoms with Gasteiger partial charge in [-0.3, -0.25) is 14.9 Å². The SMILES string of the molecule is N#Cc1cnc(N2CCC(CCC(=O)O)C2)c([N+](=O)[O-])c1. The first-order valence-electron chi connectivity index (χ1n) is 6.52. The third kappa shape index (κ3) is 3.45. The van der Waals surface area contributed by atoms with Crippen LogP contribution in [0.2, 0.25) is 0 Å². The van der Waals surface area contributed by atoms with Crippen LogP contribution in [-0.4, -0.2) is 34.1 Å². The van der Waals surface area contributed by atoms with E-state index in [1.165, 1.54) is 12.3 Å². The molecule has 0 amide bonds. The molecular formula is C13H14N4O4. The van der Waals surface area contributed by atoms with Crippen LogP contribution in [0.15, 0.2) is 12.3 Å². The number of aliphatic carboxylic acids is 1. The van der Waals surface area contributed by atoms with Gasteiger partial charge in [0.2, 0.25) is 5.82 Å². The van der Waals surface area contributed by atoms with Crippen molar-refractivity contribution in [3.05, 3.63) is 27.9 Å². The Hall–Kier alpha value is -2.69. The fourth-order valence-electron chi connectivity index (χ4n) is 2.47. The van der Waals surface area contributed by atoms with Gasteiger partial charge in [-0.2, -0.15) is 5.26 Å². The first-order valence-corrected chi connectivity index (χ1v) is 6.52. The van der Waals surface area contributed by atoms with E-state index >= 15 is 0 Å². The van der Waals surface area contributed by atoms with Crippen molar-refractivity contribution in [1.29, 1.82) is 5.26 Å². The van der Waals surface area contributed by atoms with Crippen LogP contribution >= 0.6 is 0 Å². The number of hydrogen-bond donors (Lipinski definition) is 1. The first kappa shape index (κ1) is 14.7. The minimum absolute atomic E-state index is 0.0986. The molecule has 8 nitrogen and oxygen atoms in total. The predicted molar refractivity (Wildman–Crippen MR) is 72.8 cm³/mol. The van der Waals surface area contributed by atoms with Gasteiger partial charge in [0.05, 0.1) is 10.5 Å². The maximum atomic E-state index is 11.1. The number of hydrogen-bond acceptors (Lipinski definition) is 6. The highest BCUT2D eigenvalue weighted by Gasteiger charge is 2.29. The van der Waals surface area contributed by atoms with Crippen LogP contribution in [0.25, 0.3) is 0 Å². The van der Waals surface area contributed by atoms with Crippen LogP contribution in [-0.2, 0) is 4.79 Å².